The summed E-state index contributed by atoms with van der Waals surface area (Å²) in [5, 5.41) is 2.11. The summed E-state index contributed by atoms with van der Waals surface area (Å²) in [6.45, 7) is 5.57. The Bertz CT molecular complexity index is 509. The van der Waals surface area contributed by atoms with Gasteiger partial charge in [-0.1, -0.05) is 25.1 Å². The van der Waals surface area contributed by atoms with Gasteiger partial charge in [0.25, 0.3) is 0 Å². The van der Waals surface area contributed by atoms with Crippen molar-refractivity contribution in [2.45, 2.75) is 25.7 Å². The molecule has 0 bridgehead atoms. The zero-order valence-electron chi connectivity index (χ0n) is 11.6. The Morgan fingerprint density at radius 2 is 2.11 bits per heavy atom. The summed E-state index contributed by atoms with van der Waals surface area (Å²) in [5.74, 6) is 0.936. The molecule has 0 amide bonds. The minimum Gasteiger partial charge on any atom is -0.494 e. The number of ether oxygens (including phenoxy) is 1. The Morgan fingerprint density at radius 1 is 1.26 bits per heavy atom. The fourth-order valence-corrected chi connectivity index (χ4v) is 3.15. The highest BCUT2D eigenvalue weighted by Gasteiger charge is 2.26. The zero-order chi connectivity index (χ0) is 13.7. The van der Waals surface area contributed by atoms with Crippen molar-refractivity contribution in [2.75, 3.05) is 13.2 Å². The molecule has 0 saturated heterocycles. The van der Waals surface area contributed by atoms with Crippen LogP contribution in [0.25, 0.3) is 0 Å². The summed E-state index contributed by atoms with van der Waals surface area (Å²) in [6.07, 6.45) is 0.935. The minimum atomic E-state index is -0.000987. The molecule has 102 valence electrons. The van der Waals surface area contributed by atoms with Gasteiger partial charge in [-0.3, -0.25) is 0 Å². The fraction of sp³-hybridized carbons (Fsp3) is 0.375. The van der Waals surface area contributed by atoms with Gasteiger partial charge in [-0.25, -0.2) is 0 Å². The van der Waals surface area contributed by atoms with Crippen LogP contribution >= 0.6 is 11.3 Å². The van der Waals surface area contributed by atoms with E-state index in [9.17, 15) is 0 Å². The van der Waals surface area contributed by atoms with Crippen LogP contribution in [-0.4, -0.2) is 13.2 Å². The molecule has 0 aliphatic heterocycles. The maximum absolute atomic E-state index is 6.02. The van der Waals surface area contributed by atoms with Gasteiger partial charge >= 0.3 is 0 Å². The number of rotatable bonds is 6. The number of hydrogen-bond acceptors (Lipinski definition) is 3. The van der Waals surface area contributed by atoms with E-state index < -0.39 is 0 Å². The van der Waals surface area contributed by atoms with E-state index in [1.807, 2.05) is 19.1 Å². The monoisotopic (exact) mass is 275 g/mol. The summed E-state index contributed by atoms with van der Waals surface area (Å²) in [4.78, 5) is 1.34. The molecule has 1 atom stereocenters. The molecule has 0 aliphatic carbocycles. The average molecular weight is 275 g/mol. The predicted molar refractivity (Wildman–Crippen MR) is 82.0 cm³/mol. The summed E-state index contributed by atoms with van der Waals surface area (Å²) in [5.41, 5.74) is 7.29. The predicted octanol–water partition coefficient (Wildman–Crippen LogP) is 3.61. The third kappa shape index (κ3) is 3.37. The first kappa shape index (κ1) is 14.1. The van der Waals surface area contributed by atoms with Crippen LogP contribution in [-0.2, 0) is 11.8 Å². The Labute approximate surface area is 119 Å². The molecule has 1 unspecified atom stereocenters. The number of nitrogens with two attached hydrogens (primary N) is 1. The highest BCUT2D eigenvalue weighted by Crippen LogP contribution is 2.31. The molecule has 2 nitrogen and oxygen atoms in total. The van der Waals surface area contributed by atoms with E-state index in [-0.39, 0.29) is 5.41 Å². The Balaban J connectivity index is 2.21. The third-order valence-corrected chi connectivity index (χ3v) is 4.55. The number of thiophene rings is 1. The topological polar surface area (TPSA) is 35.2 Å². The molecule has 2 rings (SSSR count). The van der Waals surface area contributed by atoms with Crippen molar-refractivity contribution < 1.29 is 4.74 Å². The fourth-order valence-electron chi connectivity index (χ4n) is 2.24. The van der Waals surface area contributed by atoms with Gasteiger partial charge in [0.15, 0.2) is 0 Å². The first-order chi connectivity index (χ1) is 9.18. The van der Waals surface area contributed by atoms with Crippen LogP contribution < -0.4 is 10.5 Å². The Hall–Kier alpha value is -1.32. The van der Waals surface area contributed by atoms with Gasteiger partial charge in [0, 0.05) is 16.8 Å². The molecular weight excluding hydrogens is 254 g/mol. The number of benzene rings is 1. The highest BCUT2D eigenvalue weighted by atomic mass is 32.1. The van der Waals surface area contributed by atoms with E-state index in [0.717, 1.165) is 12.2 Å². The Morgan fingerprint density at radius 3 is 2.74 bits per heavy atom. The van der Waals surface area contributed by atoms with Crippen LogP contribution in [0.3, 0.4) is 0 Å². The minimum absolute atomic E-state index is 0.000987. The zero-order valence-corrected chi connectivity index (χ0v) is 12.4. The molecule has 1 aromatic heterocycles. The van der Waals surface area contributed by atoms with Gasteiger partial charge in [0.2, 0.25) is 0 Å². The smallest absolute Gasteiger partial charge is 0.119 e. The molecule has 0 aliphatic rings. The van der Waals surface area contributed by atoms with Crippen molar-refractivity contribution >= 4 is 11.3 Å². The van der Waals surface area contributed by atoms with Crippen LogP contribution in [0.15, 0.2) is 41.8 Å². The molecule has 1 heterocycles. The summed E-state index contributed by atoms with van der Waals surface area (Å²) in [7, 11) is 0. The molecule has 3 heteroatoms. The SMILES string of the molecule is CCOc1cccc(CC(C)(CN)c2cccs2)c1. The van der Waals surface area contributed by atoms with E-state index in [2.05, 4.69) is 36.6 Å². The maximum Gasteiger partial charge on any atom is 0.119 e. The van der Waals surface area contributed by atoms with Crippen LogP contribution in [0, 0.1) is 0 Å². The molecule has 0 spiro atoms. The van der Waals surface area contributed by atoms with Gasteiger partial charge in [0.05, 0.1) is 6.61 Å². The molecule has 19 heavy (non-hydrogen) atoms. The lowest BCUT2D eigenvalue weighted by atomic mass is 9.82. The summed E-state index contributed by atoms with van der Waals surface area (Å²) in [6, 6.07) is 12.6. The first-order valence-electron chi connectivity index (χ1n) is 6.64. The largest absolute Gasteiger partial charge is 0.494 e. The van der Waals surface area contributed by atoms with E-state index >= 15 is 0 Å². The summed E-state index contributed by atoms with van der Waals surface area (Å²) < 4.78 is 5.56. The molecule has 2 aromatic rings. The maximum atomic E-state index is 6.02. The molecule has 1 aromatic carbocycles. The first-order valence-corrected chi connectivity index (χ1v) is 7.52. The van der Waals surface area contributed by atoms with E-state index in [0.29, 0.717) is 13.2 Å². The Kier molecular flexibility index (Phi) is 4.61. The van der Waals surface area contributed by atoms with Gasteiger partial charge in [0.1, 0.15) is 5.75 Å². The molecule has 0 fully saturated rings. The highest BCUT2D eigenvalue weighted by molar-refractivity contribution is 7.10. The van der Waals surface area contributed by atoms with Crippen molar-refractivity contribution in [3.05, 3.63) is 52.2 Å². The van der Waals surface area contributed by atoms with Crippen molar-refractivity contribution in [3.63, 3.8) is 0 Å². The van der Waals surface area contributed by atoms with Crippen LogP contribution in [0.5, 0.6) is 5.75 Å². The van der Waals surface area contributed by atoms with Crippen LogP contribution in [0.4, 0.5) is 0 Å². The van der Waals surface area contributed by atoms with Gasteiger partial charge in [-0.15, -0.1) is 11.3 Å². The van der Waals surface area contributed by atoms with E-state index in [4.69, 9.17) is 10.5 Å². The van der Waals surface area contributed by atoms with Crippen molar-refractivity contribution in [2.24, 2.45) is 5.73 Å². The van der Waals surface area contributed by atoms with Gasteiger partial charge in [-0.05, 0) is 42.5 Å². The standard InChI is InChI=1S/C16H21NOS/c1-3-18-14-7-4-6-13(10-14)11-16(2,12-17)15-8-5-9-19-15/h4-10H,3,11-12,17H2,1-2H3. The second-order valence-corrected chi connectivity index (χ2v) is 5.95. The lowest BCUT2D eigenvalue weighted by molar-refractivity contribution is 0.339. The quantitative estimate of drug-likeness (QED) is 0.874. The summed E-state index contributed by atoms with van der Waals surface area (Å²) >= 11 is 1.78. The van der Waals surface area contributed by atoms with Gasteiger partial charge < -0.3 is 10.5 Å². The lowest BCUT2D eigenvalue weighted by Gasteiger charge is -2.27. The average Bonchev–Trinajstić information content (AvgIpc) is 2.94. The molecule has 0 radical (unpaired) electrons. The lowest BCUT2D eigenvalue weighted by Crippen LogP contribution is -2.33. The van der Waals surface area contributed by atoms with Crippen LogP contribution in [0.1, 0.15) is 24.3 Å². The normalized spacial score (nSPS) is 14.1. The third-order valence-electron chi connectivity index (χ3n) is 3.37. The van der Waals surface area contributed by atoms with Crippen LogP contribution in [0.2, 0.25) is 0 Å². The van der Waals surface area contributed by atoms with Gasteiger partial charge in [-0.2, -0.15) is 0 Å². The van der Waals surface area contributed by atoms with Crippen molar-refractivity contribution in [3.8, 4) is 5.75 Å². The molecular formula is C16H21NOS. The number of hydrogen-bond donors (Lipinski definition) is 1. The second kappa shape index (κ2) is 6.22. The molecule has 0 saturated carbocycles. The van der Waals surface area contributed by atoms with Crippen molar-refractivity contribution in [1.29, 1.82) is 0 Å². The molecule has 2 N–H and O–H groups in total. The van der Waals surface area contributed by atoms with Crippen molar-refractivity contribution in [1.82, 2.24) is 0 Å². The van der Waals surface area contributed by atoms with E-state index in [1.54, 1.807) is 11.3 Å². The second-order valence-electron chi connectivity index (χ2n) is 5.00. The van der Waals surface area contributed by atoms with E-state index in [1.165, 1.54) is 10.4 Å².